The minimum Gasteiger partial charge on any atom is -0.335 e. The molecule has 106 valence electrons. The largest absolute Gasteiger partial charge is 0.335 e. The average Bonchev–Trinajstić information content (AvgIpc) is 2.89. The maximum atomic E-state index is 11.9. The molecule has 5 nitrogen and oxygen atoms in total. The average molecular weight is 272 g/mol. The number of fused-ring (bicyclic) bond motifs is 1. The molecule has 5 heteroatoms. The van der Waals surface area contributed by atoms with Gasteiger partial charge in [-0.2, -0.15) is 5.10 Å². The summed E-state index contributed by atoms with van der Waals surface area (Å²) in [6.45, 7) is 0.506. The number of nitrogens with zero attached hydrogens (tertiary/aromatic N) is 2. The van der Waals surface area contributed by atoms with Crippen LogP contribution in [0.2, 0.25) is 0 Å². The zero-order chi connectivity index (χ0) is 13.8. The van der Waals surface area contributed by atoms with Gasteiger partial charge in [-0.15, -0.1) is 0 Å². The van der Waals surface area contributed by atoms with Gasteiger partial charge in [-0.3, -0.25) is 0 Å². The molecule has 2 aromatic heterocycles. The van der Waals surface area contributed by atoms with E-state index in [1.165, 1.54) is 19.3 Å². The number of hydrogen-bond donors (Lipinski definition) is 2. The number of carbonyl (C=O) groups excluding carboxylic acids is 1. The van der Waals surface area contributed by atoms with Gasteiger partial charge in [-0.25, -0.2) is 9.31 Å². The molecule has 2 N–H and O–H groups in total. The molecule has 0 spiro atoms. The first kappa shape index (κ1) is 13.0. The Morgan fingerprint density at radius 3 is 3.00 bits per heavy atom. The molecule has 3 rings (SSSR count). The zero-order valence-corrected chi connectivity index (χ0v) is 11.5. The van der Waals surface area contributed by atoms with Crippen LogP contribution in [0.25, 0.3) is 5.52 Å². The lowest BCUT2D eigenvalue weighted by atomic mass is 9.96. The molecule has 1 aliphatic rings. The van der Waals surface area contributed by atoms with Crippen LogP contribution in [0, 0.1) is 0 Å². The summed E-state index contributed by atoms with van der Waals surface area (Å²) in [5, 5.41) is 10.2. The van der Waals surface area contributed by atoms with Gasteiger partial charge in [0.15, 0.2) is 0 Å². The van der Waals surface area contributed by atoms with E-state index in [-0.39, 0.29) is 6.03 Å². The second-order valence-electron chi connectivity index (χ2n) is 5.36. The van der Waals surface area contributed by atoms with E-state index in [1.807, 2.05) is 28.9 Å². The fraction of sp³-hybridized carbons (Fsp3) is 0.467. The van der Waals surface area contributed by atoms with Crippen molar-refractivity contribution in [2.45, 2.75) is 44.7 Å². The van der Waals surface area contributed by atoms with Gasteiger partial charge in [0.2, 0.25) is 0 Å². The number of carbonyl (C=O) groups is 1. The summed E-state index contributed by atoms with van der Waals surface area (Å²) in [4.78, 5) is 11.9. The Morgan fingerprint density at radius 1 is 1.30 bits per heavy atom. The summed E-state index contributed by atoms with van der Waals surface area (Å²) in [6.07, 6.45) is 9.64. The molecule has 0 aromatic carbocycles. The number of aromatic nitrogens is 2. The number of amides is 2. The quantitative estimate of drug-likeness (QED) is 0.901. The Morgan fingerprint density at radius 2 is 2.15 bits per heavy atom. The van der Waals surface area contributed by atoms with Crippen LogP contribution in [-0.4, -0.2) is 21.7 Å². The smallest absolute Gasteiger partial charge is 0.315 e. The molecule has 0 radical (unpaired) electrons. The molecule has 0 aliphatic heterocycles. The summed E-state index contributed by atoms with van der Waals surface area (Å²) >= 11 is 0. The van der Waals surface area contributed by atoms with Crippen molar-refractivity contribution >= 4 is 11.5 Å². The monoisotopic (exact) mass is 272 g/mol. The molecule has 0 atom stereocenters. The minimum atomic E-state index is -0.0767. The van der Waals surface area contributed by atoms with E-state index in [9.17, 15) is 4.79 Å². The van der Waals surface area contributed by atoms with Gasteiger partial charge in [-0.1, -0.05) is 25.3 Å². The number of nitrogens with one attached hydrogen (secondary N) is 2. The molecule has 1 fully saturated rings. The van der Waals surface area contributed by atoms with Crippen molar-refractivity contribution in [1.82, 2.24) is 20.2 Å². The number of pyridine rings is 1. The van der Waals surface area contributed by atoms with Crippen LogP contribution in [0.4, 0.5) is 4.79 Å². The second kappa shape index (κ2) is 5.94. The maximum absolute atomic E-state index is 11.9. The van der Waals surface area contributed by atoms with Crippen LogP contribution in [-0.2, 0) is 6.54 Å². The highest BCUT2D eigenvalue weighted by molar-refractivity contribution is 5.74. The number of rotatable bonds is 3. The molecule has 1 aliphatic carbocycles. The van der Waals surface area contributed by atoms with Crippen LogP contribution >= 0.6 is 0 Å². The van der Waals surface area contributed by atoms with E-state index in [0.717, 1.165) is 23.9 Å². The van der Waals surface area contributed by atoms with Crippen molar-refractivity contribution in [3.05, 3.63) is 36.2 Å². The fourth-order valence-electron chi connectivity index (χ4n) is 2.78. The van der Waals surface area contributed by atoms with Crippen molar-refractivity contribution in [1.29, 1.82) is 0 Å². The molecular weight excluding hydrogens is 252 g/mol. The van der Waals surface area contributed by atoms with Gasteiger partial charge in [0, 0.05) is 24.3 Å². The SMILES string of the molecule is O=C(NCc1cnn2ccccc12)NC1CCCCC1. The minimum absolute atomic E-state index is 0.0767. The predicted octanol–water partition coefficient (Wildman–Crippen LogP) is 2.47. The van der Waals surface area contributed by atoms with Crippen LogP contribution in [0.3, 0.4) is 0 Å². The van der Waals surface area contributed by atoms with Gasteiger partial charge < -0.3 is 10.6 Å². The molecule has 0 bridgehead atoms. The van der Waals surface area contributed by atoms with E-state index in [4.69, 9.17) is 0 Å². The third-order valence-electron chi connectivity index (χ3n) is 3.89. The van der Waals surface area contributed by atoms with Crippen LogP contribution < -0.4 is 10.6 Å². The van der Waals surface area contributed by atoms with Gasteiger partial charge in [0.25, 0.3) is 0 Å². The molecule has 20 heavy (non-hydrogen) atoms. The lowest BCUT2D eigenvalue weighted by Gasteiger charge is -2.22. The highest BCUT2D eigenvalue weighted by atomic mass is 16.2. The van der Waals surface area contributed by atoms with Gasteiger partial charge >= 0.3 is 6.03 Å². The molecule has 2 aromatic rings. The number of urea groups is 1. The second-order valence-corrected chi connectivity index (χ2v) is 5.36. The van der Waals surface area contributed by atoms with Crippen molar-refractivity contribution in [3.8, 4) is 0 Å². The molecular formula is C15H20N4O. The van der Waals surface area contributed by atoms with Gasteiger partial charge in [0.05, 0.1) is 11.7 Å². The lowest BCUT2D eigenvalue weighted by Crippen LogP contribution is -2.42. The summed E-state index contributed by atoms with van der Waals surface area (Å²) in [7, 11) is 0. The summed E-state index contributed by atoms with van der Waals surface area (Å²) in [5.74, 6) is 0. The molecule has 2 amide bonds. The Labute approximate surface area is 118 Å². The van der Waals surface area contributed by atoms with Crippen LogP contribution in [0.1, 0.15) is 37.7 Å². The first-order chi connectivity index (χ1) is 9.83. The molecule has 2 heterocycles. The van der Waals surface area contributed by atoms with Crippen molar-refractivity contribution in [2.24, 2.45) is 0 Å². The Hall–Kier alpha value is -2.04. The van der Waals surface area contributed by atoms with E-state index >= 15 is 0 Å². The summed E-state index contributed by atoms with van der Waals surface area (Å²) < 4.78 is 1.82. The van der Waals surface area contributed by atoms with Crippen molar-refractivity contribution < 1.29 is 4.79 Å². The van der Waals surface area contributed by atoms with E-state index < -0.39 is 0 Å². The summed E-state index contributed by atoms with van der Waals surface area (Å²) in [5.41, 5.74) is 2.06. The third kappa shape index (κ3) is 2.92. The van der Waals surface area contributed by atoms with Crippen molar-refractivity contribution in [3.63, 3.8) is 0 Å². The highest BCUT2D eigenvalue weighted by Gasteiger charge is 2.15. The van der Waals surface area contributed by atoms with Gasteiger partial charge in [0.1, 0.15) is 0 Å². The maximum Gasteiger partial charge on any atom is 0.315 e. The Bertz CT molecular complexity index is 586. The van der Waals surface area contributed by atoms with Crippen LogP contribution in [0.5, 0.6) is 0 Å². The highest BCUT2D eigenvalue weighted by Crippen LogP contribution is 2.17. The van der Waals surface area contributed by atoms with E-state index in [1.54, 1.807) is 6.20 Å². The summed E-state index contributed by atoms with van der Waals surface area (Å²) in [6, 6.07) is 6.18. The van der Waals surface area contributed by atoms with E-state index in [2.05, 4.69) is 15.7 Å². The van der Waals surface area contributed by atoms with Gasteiger partial charge in [-0.05, 0) is 25.0 Å². The number of hydrogen-bond acceptors (Lipinski definition) is 2. The Kier molecular flexibility index (Phi) is 3.85. The zero-order valence-electron chi connectivity index (χ0n) is 11.5. The molecule has 0 unspecified atom stereocenters. The van der Waals surface area contributed by atoms with Crippen LogP contribution in [0.15, 0.2) is 30.6 Å². The first-order valence-corrected chi connectivity index (χ1v) is 7.28. The predicted molar refractivity (Wildman–Crippen MR) is 77.4 cm³/mol. The Balaban J connectivity index is 1.54. The van der Waals surface area contributed by atoms with Crippen molar-refractivity contribution in [2.75, 3.05) is 0 Å². The molecule has 0 saturated heterocycles. The normalized spacial score (nSPS) is 16.2. The molecule has 1 saturated carbocycles. The fourth-order valence-corrected chi connectivity index (χ4v) is 2.78. The topological polar surface area (TPSA) is 58.4 Å². The lowest BCUT2D eigenvalue weighted by molar-refractivity contribution is 0.232. The van der Waals surface area contributed by atoms with E-state index in [0.29, 0.717) is 12.6 Å². The third-order valence-corrected chi connectivity index (χ3v) is 3.89. The standard InChI is InChI=1S/C15H20N4O/c20-15(18-13-6-2-1-3-7-13)16-10-12-11-17-19-9-5-4-8-14(12)19/h4-5,8-9,11,13H,1-3,6-7,10H2,(H2,16,18,20). The first-order valence-electron chi connectivity index (χ1n) is 7.28.